The Morgan fingerprint density at radius 2 is 1.58 bits per heavy atom. The molecule has 0 saturated heterocycles. The first kappa shape index (κ1) is 18.1. The van der Waals surface area contributed by atoms with E-state index in [2.05, 4.69) is 10.6 Å². The normalized spacial score (nSPS) is 10.1. The molecule has 0 atom stereocenters. The van der Waals surface area contributed by atoms with Gasteiger partial charge in [-0.25, -0.2) is 0 Å². The second-order valence-electron chi connectivity index (χ2n) is 4.83. The van der Waals surface area contributed by atoms with Crippen molar-refractivity contribution in [3.05, 3.63) is 58.6 Å². The molecule has 126 valence electrons. The number of hydrogen-bond acceptors (Lipinski definition) is 3. The van der Waals surface area contributed by atoms with Crippen LogP contribution in [-0.2, 0) is 9.59 Å². The molecule has 2 amide bonds. The first-order valence-electron chi connectivity index (χ1n) is 7.24. The van der Waals surface area contributed by atoms with Crippen LogP contribution < -0.4 is 15.4 Å². The molecule has 0 aliphatic carbocycles. The van der Waals surface area contributed by atoms with Crippen LogP contribution >= 0.6 is 23.2 Å². The van der Waals surface area contributed by atoms with E-state index in [-0.39, 0.29) is 25.5 Å². The Labute approximate surface area is 149 Å². The number of ether oxygens (including phenoxy) is 1. The van der Waals surface area contributed by atoms with E-state index in [9.17, 15) is 9.59 Å². The zero-order valence-corrected chi connectivity index (χ0v) is 14.2. The molecule has 2 aromatic rings. The molecule has 2 N–H and O–H groups in total. The van der Waals surface area contributed by atoms with Gasteiger partial charge in [-0.1, -0.05) is 47.5 Å². The molecular weight excluding hydrogens is 351 g/mol. The Balaban J connectivity index is 1.70. The monoisotopic (exact) mass is 366 g/mol. The lowest BCUT2D eigenvalue weighted by molar-refractivity contribution is -0.124. The molecule has 24 heavy (non-hydrogen) atoms. The van der Waals surface area contributed by atoms with Gasteiger partial charge in [0, 0.05) is 0 Å². The third kappa shape index (κ3) is 5.76. The van der Waals surface area contributed by atoms with Gasteiger partial charge in [0.05, 0.1) is 35.3 Å². The van der Waals surface area contributed by atoms with E-state index in [4.69, 9.17) is 27.9 Å². The number of carbonyl (C=O) groups excluding carboxylic acids is 2. The highest BCUT2D eigenvalue weighted by atomic mass is 35.5. The van der Waals surface area contributed by atoms with E-state index in [1.807, 2.05) is 18.2 Å². The van der Waals surface area contributed by atoms with Crippen molar-refractivity contribution >= 4 is 40.7 Å². The van der Waals surface area contributed by atoms with E-state index in [1.54, 1.807) is 30.3 Å². The maximum absolute atomic E-state index is 11.8. The standard InChI is InChI=1S/C17H16Cl2N2O3/c18-13-7-4-8-14(19)17(13)21-16(23)11-20-15(22)9-10-24-12-5-2-1-3-6-12/h1-8H,9-11H2,(H,20,22)(H,21,23). The van der Waals surface area contributed by atoms with Gasteiger partial charge in [0.15, 0.2) is 0 Å². The molecule has 0 spiro atoms. The second kappa shape index (κ2) is 9.15. The number of carbonyl (C=O) groups is 2. The van der Waals surface area contributed by atoms with E-state index in [0.717, 1.165) is 0 Å². The summed E-state index contributed by atoms with van der Waals surface area (Å²) in [5.41, 5.74) is 0.326. The van der Waals surface area contributed by atoms with Gasteiger partial charge in [-0.05, 0) is 24.3 Å². The highest BCUT2D eigenvalue weighted by Crippen LogP contribution is 2.29. The first-order chi connectivity index (χ1) is 11.6. The summed E-state index contributed by atoms with van der Waals surface area (Å²) >= 11 is 11.9. The van der Waals surface area contributed by atoms with Crippen molar-refractivity contribution in [2.45, 2.75) is 6.42 Å². The van der Waals surface area contributed by atoms with Gasteiger partial charge in [0.2, 0.25) is 11.8 Å². The lowest BCUT2D eigenvalue weighted by Gasteiger charge is -2.10. The van der Waals surface area contributed by atoms with Crippen molar-refractivity contribution in [1.29, 1.82) is 0 Å². The second-order valence-corrected chi connectivity index (χ2v) is 5.65. The fourth-order valence-electron chi connectivity index (χ4n) is 1.85. The molecular formula is C17H16Cl2N2O3. The minimum absolute atomic E-state index is 0.148. The van der Waals surface area contributed by atoms with Crippen LogP contribution in [0.1, 0.15) is 6.42 Å². The number of nitrogens with one attached hydrogen (secondary N) is 2. The molecule has 0 bridgehead atoms. The minimum Gasteiger partial charge on any atom is -0.493 e. The molecule has 0 fully saturated rings. The highest BCUT2D eigenvalue weighted by molar-refractivity contribution is 6.39. The maximum atomic E-state index is 11.8. The molecule has 0 aliphatic heterocycles. The van der Waals surface area contributed by atoms with E-state index in [0.29, 0.717) is 21.5 Å². The van der Waals surface area contributed by atoms with E-state index in [1.165, 1.54) is 0 Å². The van der Waals surface area contributed by atoms with Gasteiger partial charge >= 0.3 is 0 Å². The quantitative estimate of drug-likeness (QED) is 0.787. The van der Waals surface area contributed by atoms with Crippen LogP contribution in [0.15, 0.2) is 48.5 Å². The number of halogens is 2. The van der Waals surface area contributed by atoms with Crippen molar-refractivity contribution in [2.24, 2.45) is 0 Å². The average Bonchev–Trinajstić information content (AvgIpc) is 2.57. The average molecular weight is 367 g/mol. The Morgan fingerprint density at radius 3 is 2.25 bits per heavy atom. The summed E-state index contributed by atoms with van der Waals surface area (Å²) in [5, 5.41) is 5.74. The molecule has 2 aromatic carbocycles. The van der Waals surface area contributed by atoms with E-state index >= 15 is 0 Å². The van der Waals surface area contributed by atoms with Crippen molar-refractivity contribution in [2.75, 3.05) is 18.5 Å². The molecule has 5 nitrogen and oxygen atoms in total. The predicted octanol–water partition coefficient (Wildman–Crippen LogP) is 3.52. The summed E-state index contributed by atoms with van der Waals surface area (Å²) in [7, 11) is 0. The van der Waals surface area contributed by atoms with Crippen molar-refractivity contribution in [1.82, 2.24) is 5.32 Å². The van der Waals surface area contributed by atoms with Gasteiger partial charge < -0.3 is 15.4 Å². The Bertz CT molecular complexity index is 688. The van der Waals surface area contributed by atoms with Crippen LogP contribution in [0.5, 0.6) is 5.75 Å². The Morgan fingerprint density at radius 1 is 0.917 bits per heavy atom. The van der Waals surface area contributed by atoms with Crippen LogP contribution in [0.25, 0.3) is 0 Å². The van der Waals surface area contributed by atoms with Crippen LogP contribution in [0.2, 0.25) is 10.0 Å². The third-order valence-corrected chi connectivity index (χ3v) is 3.64. The number of hydrogen-bond donors (Lipinski definition) is 2. The summed E-state index contributed by atoms with van der Waals surface area (Å²) < 4.78 is 5.41. The lowest BCUT2D eigenvalue weighted by Crippen LogP contribution is -2.33. The highest BCUT2D eigenvalue weighted by Gasteiger charge is 2.10. The first-order valence-corrected chi connectivity index (χ1v) is 8.00. The van der Waals surface area contributed by atoms with Gasteiger partial charge in [-0.2, -0.15) is 0 Å². The summed E-state index contributed by atoms with van der Waals surface area (Å²) in [6.07, 6.45) is 0.148. The summed E-state index contributed by atoms with van der Waals surface area (Å²) in [6.45, 7) is 0.0551. The third-order valence-electron chi connectivity index (χ3n) is 3.01. The zero-order valence-electron chi connectivity index (χ0n) is 12.7. The summed E-state index contributed by atoms with van der Waals surface area (Å²) in [4.78, 5) is 23.5. The van der Waals surface area contributed by atoms with Crippen molar-refractivity contribution in [3.8, 4) is 5.75 Å². The Hall–Kier alpha value is -2.24. The van der Waals surface area contributed by atoms with Crippen molar-refractivity contribution in [3.63, 3.8) is 0 Å². The number of amides is 2. The summed E-state index contributed by atoms with van der Waals surface area (Å²) in [6, 6.07) is 14.1. The van der Waals surface area contributed by atoms with Crippen LogP contribution in [0.3, 0.4) is 0 Å². The van der Waals surface area contributed by atoms with Crippen molar-refractivity contribution < 1.29 is 14.3 Å². The van der Waals surface area contributed by atoms with Gasteiger partial charge in [0.25, 0.3) is 0 Å². The fraction of sp³-hybridized carbons (Fsp3) is 0.176. The zero-order chi connectivity index (χ0) is 17.4. The molecule has 2 rings (SSSR count). The molecule has 0 aromatic heterocycles. The molecule has 0 heterocycles. The number of anilines is 1. The summed E-state index contributed by atoms with van der Waals surface area (Å²) in [5.74, 6) is -0.00920. The topological polar surface area (TPSA) is 67.4 Å². The fourth-order valence-corrected chi connectivity index (χ4v) is 2.34. The predicted molar refractivity (Wildman–Crippen MR) is 94.7 cm³/mol. The number of rotatable bonds is 7. The molecule has 7 heteroatoms. The molecule has 0 aliphatic rings. The SMILES string of the molecule is O=C(CCOc1ccccc1)NCC(=O)Nc1c(Cl)cccc1Cl. The van der Waals surface area contributed by atoms with Gasteiger partial charge in [0.1, 0.15) is 5.75 Å². The molecule has 0 unspecified atom stereocenters. The lowest BCUT2D eigenvalue weighted by atomic mass is 10.3. The van der Waals surface area contributed by atoms with Gasteiger partial charge in [-0.15, -0.1) is 0 Å². The minimum atomic E-state index is -0.415. The smallest absolute Gasteiger partial charge is 0.243 e. The van der Waals surface area contributed by atoms with Crippen LogP contribution in [-0.4, -0.2) is 25.0 Å². The Kier molecular flexibility index (Phi) is 6.90. The van der Waals surface area contributed by atoms with Crippen LogP contribution in [0.4, 0.5) is 5.69 Å². The number of benzene rings is 2. The maximum Gasteiger partial charge on any atom is 0.243 e. The van der Waals surface area contributed by atoms with Crippen LogP contribution in [0, 0.1) is 0 Å². The number of para-hydroxylation sites is 2. The van der Waals surface area contributed by atoms with E-state index < -0.39 is 5.91 Å². The van der Waals surface area contributed by atoms with Gasteiger partial charge in [-0.3, -0.25) is 9.59 Å². The molecule has 0 radical (unpaired) electrons. The molecule has 0 saturated carbocycles. The largest absolute Gasteiger partial charge is 0.493 e.